The van der Waals surface area contributed by atoms with E-state index < -0.39 is 10.9 Å². The van der Waals surface area contributed by atoms with Gasteiger partial charge in [0.25, 0.3) is 0 Å². The molecule has 0 radical (unpaired) electrons. The third-order valence-corrected chi connectivity index (χ3v) is 4.67. The highest BCUT2D eigenvalue weighted by Crippen LogP contribution is 2.31. The number of hydrogen-bond donors (Lipinski definition) is 2. The van der Waals surface area contributed by atoms with Gasteiger partial charge >= 0.3 is 11.8 Å². The number of nitrogens with one attached hydrogen (secondary N) is 1. The Morgan fingerprint density at radius 3 is 2.20 bits per heavy atom. The fourth-order valence-electron chi connectivity index (χ4n) is 3.32. The molecule has 0 saturated carbocycles. The Labute approximate surface area is 170 Å². The van der Waals surface area contributed by atoms with Crippen LogP contribution in [0.1, 0.15) is 60.5 Å². The summed E-state index contributed by atoms with van der Waals surface area (Å²) in [5, 5.41) is 19.2. The lowest BCUT2D eigenvalue weighted by Gasteiger charge is -2.20. The van der Waals surface area contributed by atoms with Crippen molar-refractivity contribution in [2.45, 2.75) is 20.3 Å². The number of aromatic carboxylic acids is 1. The van der Waals surface area contributed by atoms with Gasteiger partial charge in [0.2, 0.25) is 0 Å². The number of carboxylic acids is 1. The molecular weight excluding hydrogens is 390 g/mol. The highest BCUT2D eigenvalue weighted by atomic mass is 16.6. The number of rotatable bonds is 3. The number of carbonyl (C=O) groups excluding carboxylic acids is 2. The van der Waals surface area contributed by atoms with Crippen LogP contribution >= 0.6 is 0 Å². The zero-order valence-corrected chi connectivity index (χ0v) is 16.1. The van der Waals surface area contributed by atoms with E-state index in [1.54, 1.807) is 38.1 Å². The van der Waals surface area contributed by atoms with E-state index in [0.717, 1.165) is 0 Å². The lowest BCUT2D eigenvalue weighted by atomic mass is 9.80. The van der Waals surface area contributed by atoms with Crippen molar-refractivity contribution in [2.75, 3.05) is 0 Å². The maximum atomic E-state index is 12.7. The Morgan fingerprint density at radius 1 is 1.10 bits per heavy atom. The molecular formula is C21H17N3O6. The Balaban J connectivity index is 0.000000239. The summed E-state index contributed by atoms with van der Waals surface area (Å²) < 4.78 is 0. The van der Waals surface area contributed by atoms with Gasteiger partial charge in [0, 0.05) is 29.2 Å². The molecule has 0 unspecified atom stereocenters. The van der Waals surface area contributed by atoms with Gasteiger partial charge in [0.15, 0.2) is 17.4 Å². The van der Waals surface area contributed by atoms with Crippen LogP contribution in [0.3, 0.4) is 0 Å². The van der Waals surface area contributed by atoms with Gasteiger partial charge in [-0.1, -0.05) is 31.2 Å². The SMILES string of the molecule is CCc1c(C(=O)O)ccc2c1C(=O)c1ccccc1C2=O.Cc1ncc([N+](=O)[O-])[nH]1. The standard InChI is InChI=1S/C17H12O4.C4H5N3O2/c1-2-9-12(17(20)21)7-8-13-14(9)16(19)11-6-4-3-5-10(11)15(13)18;1-3-5-2-4(6-3)7(8)9/h3-8H,2H2,1H3,(H,20,21);2H,1H3,(H,5,6). The number of benzene rings is 2. The first-order valence-electron chi connectivity index (χ1n) is 8.99. The average Bonchev–Trinajstić information content (AvgIpc) is 3.18. The van der Waals surface area contributed by atoms with Gasteiger partial charge in [-0.3, -0.25) is 9.59 Å². The maximum absolute atomic E-state index is 12.7. The average molecular weight is 407 g/mol. The first-order valence-corrected chi connectivity index (χ1v) is 8.99. The van der Waals surface area contributed by atoms with Crippen LogP contribution in [-0.2, 0) is 6.42 Å². The highest BCUT2D eigenvalue weighted by Gasteiger charge is 2.32. The molecule has 0 atom stereocenters. The number of aryl methyl sites for hydroxylation is 1. The quantitative estimate of drug-likeness (QED) is 0.391. The summed E-state index contributed by atoms with van der Waals surface area (Å²) in [6.07, 6.45) is 1.57. The van der Waals surface area contributed by atoms with Crippen LogP contribution < -0.4 is 0 Å². The molecule has 2 N–H and O–H groups in total. The largest absolute Gasteiger partial charge is 0.478 e. The smallest absolute Gasteiger partial charge is 0.340 e. The fourth-order valence-corrected chi connectivity index (χ4v) is 3.32. The minimum absolute atomic E-state index is 0.0625. The van der Waals surface area contributed by atoms with Crippen LogP contribution in [0.4, 0.5) is 5.82 Å². The second-order valence-corrected chi connectivity index (χ2v) is 6.49. The minimum atomic E-state index is -1.09. The predicted molar refractivity (Wildman–Crippen MR) is 106 cm³/mol. The second kappa shape index (κ2) is 8.08. The van der Waals surface area contributed by atoms with E-state index in [0.29, 0.717) is 34.5 Å². The summed E-state index contributed by atoms with van der Waals surface area (Å²) in [5.74, 6) is -1.10. The van der Waals surface area contributed by atoms with Crippen molar-refractivity contribution >= 4 is 23.4 Å². The zero-order valence-electron chi connectivity index (χ0n) is 16.1. The van der Waals surface area contributed by atoms with E-state index in [9.17, 15) is 29.6 Å². The number of H-pyrrole nitrogens is 1. The van der Waals surface area contributed by atoms with Crippen molar-refractivity contribution < 1.29 is 24.4 Å². The third kappa shape index (κ3) is 3.60. The molecule has 2 aromatic carbocycles. The molecule has 1 aliphatic rings. The molecule has 0 spiro atoms. The van der Waals surface area contributed by atoms with E-state index in [2.05, 4.69) is 9.97 Å². The summed E-state index contributed by atoms with van der Waals surface area (Å²) in [5.41, 5.74) is 1.75. The number of aromatic nitrogens is 2. The van der Waals surface area contributed by atoms with Crippen molar-refractivity contribution in [3.05, 3.63) is 91.9 Å². The Morgan fingerprint density at radius 2 is 1.73 bits per heavy atom. The molecule has 1 heterocycles. The molecule has 9 nitrogen and oxygen atoms in total. The molecule has 9 heteroatoms. The Bertz CT molecular complexity index is 1200. The summed E-state index contributed by atoms with van der Waals surface area (Å²) in [4.78, 5) is 52.0. The van der Waals surface area contributed by atoms with E-state index in [-0.39, 0.29) is 28.5 Å². The number of nitrogens with zero attached hydrogens (tertiary/aromatic N) is 2. The van der Waals surface area contributed by atoms with Crippen molar-refractivity contribution in [2.24, 2.45) is 0 Å². The molecule has 0 fully saturated rings. The van der Waals surface area contributed by atoms with Crippen LogP contribution in [0.2, 0.25) is 0 Å². The number of carbonyl (C=O) groups is 3. The zero-order chi connectivity index (χ0) is 22.0. The first-order chi connectivity index (χ1) is 14.3. The van der Waals surface area contributed by atoms with Crippen molar-refractivity contribution in [1.29, 1.82) is 0 Å². The van der Waals surface area contributed by atoms with Gasteiger partial charge in [0.05, 0.1) is 5.56 Å². The third-order valence-electron chi connectivity index (χ3n) is 4.67. The number of fused-ring (bicyclic) bond motifs is 2. The number of carboxylic acid groups (broad SMARTS) is 1. The monoisotopic (exact) mass is 407 g/mol. The Kier molecular flexibility index (Phi) is 5.54. The summed E-state index contributed by atoms with van der Waals surface area (Å²) >= 11 is 0. The number of hydrogen-bond acceptors (Lipinski definition) is 6. The first kappa shape index (κ1) is 20.6. The summed E-state index contributed by atoms with van der Waals surface area (Å²) in [7, 11) is 0. The van der Waals surface area contributed by atoms with E-state index >= 15 is 0 Å². The molecule has 0 saturated heterocycles. The molecule has 1 aliphatic carbocycles. The molecule has 152 valence electrons. The highest BCUT2D eigenvalue weighted by molar-refractivity contribution is 6.29. The van der Waals surface area contributed by atoms with E-state index in [4.69, 9.17) is 0 Å². The van der Waals surface area contributed by atoms with Gasteiger partial charge in [-0.15, -0.1) is 0 Å². The van der Waals surface area contributed by atoms with Gasteiger partial charge in [0.1, 0.15) is 6.20 Å². The molecule has 0 aliphatic heterocycles. The van der Waals surface area contributed by atoms with Crippen molar-refractivity contribution in [3.8, 4) is 0 Å². The topological polar surface area (TPSA) is 143 Å². The lowest BCUT2D eigenvalue weighted by molar-refractivity contribution is -0.389. The van der Waals surface area contributed by atoms with Gasteiger partial charge < -0.3 is 15.2 Å². The fraction of sp³-hybridized carbons (Fsp3) is 0.143. The normalized spacial score (nSPS) is 11.8. The predicted octanol–water partition coefficient (Wildman–Crippen LogP) is 3.35. The van der Waals surface area contributed by atoms with Crippen LogP contribution in [0, 0.1) is 17.0 Å². The maximum Gasteiger partial charge on any atom is 0.340 e. The van der Waals surface area contributed by atoms with Gasteiger partial charge in [-0.25, -0.2) is 14.8 Å². The van der Waals surface area contributed by atoms with Crippen LogP contribution in [0.15, 0.2) is 42.6 Å². The number of nitro groups is 1. The van der Waals surface area contributed by atoms with Gasteiger partial charge in [-0.05, 0) is 29.0 Å². The van der Waals surface area contributed by atoms with Crippen LogP contribution in [0.25, 0.3) is 0 Å². The molecule has 3 aromatic rings. The van der Waals surface area contributed by atoms with Gasteiger partial charge in [-0.2, -0.15) is 0 Å². The second-order valence-electron chi connectivity index (χ2n) is 6.49. The molecule has 4 rings (SSSR count). The van der Waals surface area contributed by atoms with Crippen LogP contribution in [-0.4, -0.2) is 37.5 Å². The molecule has 0 amide bonds. The van der Waals surface area contributed by atoms with Crippen molar-refractivity contribution in [3.63, 3.8) is 0 Å². The summed E-state index contributed by atoms with van der Waals surface area (Å²) in [6, 6.07) is 9.47. The van der Waals surface area contributed by atoms with E-state index in [1.807, 2.05) is 0 Å². The van der Waals surface area contributed by atoms with Crippen molar-refractivity contribution in [1.82, 2.24) is 9.97 Å². The number of ketones is 2. The molecule has 0 bridgehead atoms. The van der Waals surface area contributed by atoms with Crippen LogP contribution in [0.5, 0.6) is 0 Å². The lowest BCUT2D eigenvalue weighted by Crippen LogP contribution is -2.24. The Hall–Kier alpha value is -4.14. The molecule has 1 aromatic heterocycles. The number of imidazole rings is 1. The van der Waals surface area contributed by atoms with E-state index in [1.165, 1.54) is 18.3 Å². The molecule has 30 heavy (non-hydrogen) atoms. The minimum Gasteiger partial charge on any atom is -0.478 e. The number of aromatic amines is 1. The summed E-state index contributed by atoms with van der Waals surface area (Å²) in [6.45, 7) is 3.44.